The van der Waals surface area contributed by atoms with Crippen LogP contribution < -0.4 is 5.32 Å². The first kappa shape index (κ1) is 11.1. The van der Waals surface area contributed by atoms with Gasteiger partial charge < -0.3 is 10.4 Å². The number of carboxylic acids is 1. The summed E-state index contributed by atoms with van der Waals surface area (Å²) < 4.78 is 0. The Morgan fingerprint density at radius 1 is 1.35 bits per heavy atom. The Balaban J connectivity index is 2.37. The second-order valence-corrected chi connectivity index (χ2v) is 3.52. The number of carbonyl (C=O) groups is 1. The molecule has 0 saturated heterocycles. The van der Waals surface area contributed by atoms with Crippen molar-refractivity contribution in [2.75, 3.05) is 5.32 Å². The minimum absolute atomic E-state index is 0.135. The molecule has 2 rings (SSSR count). The first-order valence-electron chi connectivity index (χ1n) is 5.04. The fraction of sp³-hybridized carbons (Fsp3) is 0.0833. The van der Waals surface area contributed by atoms with Crippen molar-refractivity contribution in [1.82, 2.24) is 9.97 Å². The lowest BCUT2D eigenvalue weighted by molar-refractivity contribution is 0.0697. The van der Waals surface area contributed by atoms with E-state index in [1.165, 1.54) is 6.07 Å². The summed E-state index contributed by atoms with van der Waals surface area (Å²) in [5.41, 5.74) is 1.85. The quantitative estimate of drug-likeness (QED) is 0.844. The van der Waals surface area contributed by atoms with Gasteiger partial charge in [-0.05, 0) is 30.7 Å². The predicted molar refractivity (Wildman–Crippen MR) is 63.5 cm³/mol. The molecule has 0 aliphatic rings. The predicted octanol–water partition coefficient (Wildman–Crippen LogP) is 2.23. The second-order valence-electron chi connectivity index (χ2n) is 3.52. The van der Waals surface area contributed by atoms with Crippen LogP contribution in [0.5, 0.6) is 0 Å². The molecule has 2 aromatic rings. The monoisotopic (exact) mass is 229 g/mol. The zero-order valence-electron chi connectivity index (χ0n) is 9.21. The standard InChI is InChI=1S/C12H11N3O2/c1-8-4-6-13-7-10(8)15-11-9(12(16)17)3-2-5-14-11/h2-7H,1H3,(H,14,15)(H,16,17). The minimum Gasteiger partial charge on any atom is -0.478 e. The van der Waals surface area contributed by atoms with Gasteiger partial charge in [0.25, 0.3) is 0 Å². The Hall–Kier alpha value is -2.43. The average Bonchev–Trinajstić information content (AvgIpc) is 2.32. The highest BCUT2D eigenvalue weighted by Crippen LogP contribution is 2.20. The van der Waals surface area contributed by atoms with E-state index in [0.29, 0.717) is 5.82 Å². The molecule has 17 heavy (non-hydrogen) atoms. The van der Waals surface area contributed by atoms with Crippen LogP contribution in [-0.2, 0) is 0 Å². The number of hydrogen-bond acceptors (Lipinski definition) is 4. The van der Waals surface area contributed by atoms with E-state index in [1.807, 2.05) is 13.0 Å². The van der Waals surface area contributed by atoms with Gasteiger partial charge in [0.2, 0.25) is 0 Å². The Morgan fingerprint density at radius 2 is 2.18 bits per heavy atom. The number of anilines is 2. The van der Waals surface area contributed by atoms with Crippen LogP contribution in [0, 0.1) is 6.92 Å². The molecule has 0 fully saturated rings. The molecule has 0 atom stereocenters. The number of aromatic carboxylic acids is 1. The molecule has 0 bridgehead atoms. The number of rotatable bonds is 3. The van der Waals surface area contributed by atoms with Gasteiger partial charge in [-0.25, -0.2) is 9.78 Å². The van der Waals surface area contributed by atoms with Crippen molar-refractivity contribution >= 4 is 17.5 Å². The van der Waals surface area contributed by atoms with Crippen molar-refractivity contribution in [1.29, 1.82) is 0 Å². The summed E-state index contributed by atoms with van der Waals surface area (Å²) in [5.74, 6) is -0.696. The number of nitrogens with one attached hydrogen (secondary N) is 1. The zero-order chi connectivity index (χ0) is 12.3. The third-order valence-electron chi connectivity index (χ3n) is 2.33. The lowest BCUT2D eigenvalue weighted by Crippen LogP contribution is -2.05. The molecule has 0 saturated carbocycles. The van der Waals surface area contributed by atoms with Gasteiger partial charge >= 0.3 is 5.97 Å². The van der Waals surface area contributed by atoms with Crippen molar-refractivity contribution in [2.24, 2.45) is 0 Å². The largest absolute Gasteiger partial charge is 0.478 e. The Bertz CT molecular complexity index is 555. The number of hydrogen-bond donors (Lipinski definition) is 2. The molecule has 2 aromatic heterocycles. The van der Waals surface area contributed by atoms with E-state index >= 15 is 0 Å². The third kappa shape index (κ3) is 2.39. The van der Waals surface area contributed by atoms with Crippen molar-refractivity contribution in [3.63, 3.8) is 0 Å². The molecule has 2 heterocycles. The van der Waals surface area contributed by atoms with Crippen LogP contribution in [0.4, 0.5) is 11.5 Å². The van der Waals surface area contributed by atoms with E-state index in [-0.39, 0.29) is 5.56 Å². The molecule has 0 aliphatic carbocycles. The van der Waals surface area contributed by atoms with Gasteiger partial charge in [0.05, 0.1) is 11.9 Å². The van der Waals surface area contributed by atoms with Gasteiger partial charge in [-0.15, -0.1) is 0 Å². The van der Waals surface area contributed by atoms with E-state index in [1.54, 1.807) is 24.7 Å². The molecule has 0 spiro atoms. The molecular formula is C12H11N3O2. The van der Waals surface area contributed by atoms with Crippen molar-refractivity contribution in [3.8, 4) is 0 Å². The van der Waals surface area contributed by atoms with E-state index in [4.69, 9.17) is 5.11 Å². The molecule has 0 unspecified atom stereocenters. The van der Waals surface area contributed by atoms with E-state index < -0.39 is 5.97 Å². The molecule has 2 N–H and O–H groups in total. The minimum atomic E-state index is -1.01. The zero-order valence-corrected chi connectivity index (χ0v) is 9.21. The van der Waals surface area contributed by atoms with Crippen LogP contribution in [0.15, 0.2) is 36.8 Å². The van der Waals surface area contributed by atoms with Crippen LogP contribution in [0.3, 0.4) is 0 Å². The topological polar surface area (TPSA) is 75.1 Å². The fourth-order valence-corrected chi connectivity index (χ4v) is 1.40. The molecule has 5 heteroatoms. The first-order chi connectivity index (χ1) is 8.18. The highest BCUT2D eigenvalue weighted by atomic mass is 16.4. The van der Waals surface area contributed by atoms with Gasteiger partial charge in [0, 0.05) is 12.4 Å². The van der Waals surface area contributed by atoms with E-state index in [9.17, 15) is 4.79 Å². The third-order valence-corrected chi connectivity index (χ3v) is 2.33. The summed E-state index contributed by atoms with van der Waals surface area (Å²) in [7, 11) is 0. The van der Waals surface area contributed by atoms with Crippen LogP contribution in [0.1, 0.15) is 15.9 Å². The molecule has 5 nitrogen and oxygen atoms in total. The number of pyridine rings is 2. The Kier molecular flexibility index (Phi) is 3.00. The molecule has 0 radical (unpaired) electrons. The maximum absolute atomic E-state index is 11.0. The smallest absolute Gasteiger partial charge is 0.339 e. The summed E-state index contributed by atoms with van der Waals surface area (Å²) in [5, 5.41) is 12.0. The fourth-order valence-electron chi connectivity index (χ4n) is 1.40. The highest BCUT2D eigenvalue weighted by molar-refractivity contribution is 5.93. The summed E-state index contributed by atoms with van der Waals surface area (Å²) in [6.45, 7) is 1.91. The Morgan fingerprint density at radius 3 is 2.88 bits per heavy atom. The number of aryl methyl sites for hydroxylation is 1. The van der Waals surface area contributed by atoms with Gasteiger partial charge in [0.1, 0.15) is 11.4 Å². The van der Waals surface area contributed by atoms with Crippen LogP contribution in [0.25, 0.3) is 0 Å². The summed E-state index contributed by atoms with van der Waals surface area (Å²) in [4.78, 5) is 19.0. The van der Waals surface area contributed by atoms with E-state index in [0.717, 1.165) is 11.3 Å². The van der Waals surface area contributed by atoms with Crippen LogP contribution in [0.2, 0.25) is 0 Å². The van der Waals surface area contributed by atoms with Gasteiger partial charge in [-0.2, -0.15) is 0 Å². The maximum atomic E-state index is 11.0. The normalized spacial score (nSPS) is 9.94. The van der Waals surface area contributed by atoms with Crippen molar-refractivity contribution < 1.29 is 9.90 Å². The molecule has 0 aromatic carbocycles. The molecule has 0 amide bonds. The summed E-state index contributed by atoms with van der Waals surface area (Å²) in [6.07, 6.45) is 4.85. The highest BCUT2D eigenvalue weighted by Gasteiger charge is 2.11. The SMILES string of the molecule is Cc1ccncc1Nc1ncccc1C(=O)O. The van der Waals surface area contributed by atoms with Crippen molar-refractivity contribution in [2.45, 2.75) is 6.92 Å². The first-order valence-corrected chi connectivity index (χ1v) is 5.04. The Labute approximate surface area is 98.2 Å². The van der Waals surface area contributed by atoms with Gasteiger partial charge in [0.15, 0.2) is 0 Å². The van der Waals surface area contributed by atoms with Crippen LogP contribution in [-0.4, -0.2) is 21.0 Å². The number of nitrogens with zero attached hydrogens (tertiary/aromatic N) is 2. The number of aromatic nitrogens is 2. The molecule has 0 aliphatic heterocycles. The lowest BCUT2D eigenvalue weighted by Gasteiger charge is -2.09. The molecular weight excluding hydrogens is 218 g/mol. The lowest BCUT2D eigenvalue weighted by atomic mass is 10.2. The van der Waals surface area contributed by atoms with Gasteiger partial charge in [-0.1, -0.05) is 0 Å². The second kappa shape index (κ2) is 4.61. The maximum Gasteiger partial charge on any atom is 0.339 e. The summed E-state index contributed by atoms with van der Waals surface area (Å²) in [6, 6.07) is 4.93. The molecule has 86 valence electrons. The van der Waals surface area contributed by atoms with Gasteiger partial charge in [-0.3, -0.25) is 4.98 Å². The van der Waals surface area contributed by atoms with Crippen molar-refractivity contribution in [3.05, 3.63) is 47.9 Å². The van der Waals surface area contributed by atoms with E-state index in [2.05, 4.69) is 15.3 Å². The number of carboxylic acid groups (broad SMARTS) is 1. The van der Waals surface area contributed by atoms with Crippen LogP contribution >= 0.6 is 0 Å². The average molecular weight is 229 g/mol. The summed E-state index contributed by atoms with van der Waals surface area (Å²) >= 11 is 0.